The summed E-state index contributed by atoms with van der Waals surface area (Å²) in [6.45, 7) is 0.458. The zero-order chi connectivity index (χ0) is 11.7. The third-order valence-corrected chi connectivity index (χ3v) is 2.45. The summed E-state index contributed by atoms with van der Waals surface area (Å²) >= 11 is 0. The Morgan fingerprint density at radius 2 is 2.12 bits per heavy atom. The molecule has 2 aromatic rings. The van der Waals surface area contributed by atoms with E-state index in [2.05, 4.69) is 10.1 Å². The molecule has 0 amide bonds. The van der Waals surface area contributed by atoms with Gasteiger partial charge in [-0.25, -0.2) is 0 Å². The molecule has 1 aromatic carbocycles. The van der Waals surface area contributed by atoms with Crippen molar-refractivity contribution in [3.63, 3.8) is 0 Å². The molecule has 3 rings (SSSR count). The Hall–Kier alpha value is -2.24. The predicted octanol–water partition coefficient (Wildman–Crippen LogP) is 1.03. The van der Waals surface area contributed by atoms with Crippen molar-refractivity contribution in [2.75, 3.05) is 12.3 Å². The molecule has 0 radical (unpaired) electrons. The van der Waals surface area contributed by atoms with E-state index in [0.717, 1.165) is 11.5 Å². The highest BCUT2D eigenvalue weighted by Gasteiger charge is 2.23. The first-order valence-electron chi connectivity index (χ1n) is 5.28. The monoisotopic (exact) mass is 233 g/mol. The van der Waals surface area contributed by atoms with Crippen LogP contribution in [0.5, 0.6) is 11.5 Å². The van der Waals surface area contributed by atoms with Crippen LogP contribution in [0.3, 0.4) is 0 Å². The summed E-state index contributed by atoms with van der Waals surface area (Å²) in [7, 11) is 0. The standard InChI is InChI=1S/C11H11N3O3/c12-11-13-10(17-14-11)5-7-6-15-8-3-1-2-4-9(8)16-7/h1-4,7H,5-6H2,(H2,12,14). The third kappa shape index (κ3) is 2.01. The van der Waals surface area contributed by atoms with Gasteiger partial charge in [-0.2, -0.15) is 4.98 Å². The summed E-state index contributed by atoms with van der Waals surface area (Å²) in [6, 6.07) is 7.54. The number of nitrogens with two attached hydrogens (primary N) is 1. The lowest BCUT2D eigenvalue weighted by molar-refractivity contribution is 0.0851. The van der Waals surface area contributed by atoms with Crippen molar-refractivity contribution < 1.29 is 14.0 Å². The third-order valence-electron chi connectivity index (χ3n) is 2.45. The number of aromatic nitrogens is 2. The van der Waals surface area contributed by atoms with Crippen LogP contribution in [-0.4, -0.2) is 22.9 Å². The molecule has 2 heterocycles. The number of fused-ring (bicyclic) bond motifs is 1. The molecule has 0 fully saturated rings. The molecule has 1 atom stereocenters. The van der Waals surface area contributed by atoms with Crippen LogP contribution in [0.2, 0.25) is 0 Å². The Labute approximate surface area is 97.3 Å². The molecule has 0 saturated heterocycles. The van der Waals surface area contributed by atoms with E-state index in [1.54, 1.807) is 0 Å². The van der Waals surface area contributed by atoms with Gasteiger partial charge in [-0.15, -0.1) is 0 Å². The van der Waals surface area contributed by atoms with Gasteiger partial charge in [-0.3, -0.25) is 0 Å². The number of nitrogens with zero attached hydrogens (tertiary/aromatic N) is 2. The summed E-state index contributed by atoms with van der Waals surface area (Å²) in [5.41, 5.74) is 5.37. The van der Waals surface area contributed by atoms with Crippen molar-refractivity contribution in [2.24, 2.45) is 0 Å². The Balaban J connectivity index is 1.72. The molecule has 88 valence electrons. The van der Waals surface area contributed by atoms with Gasteiger partial charge in [-0.1, -0.05) is 12.1 Å². The first kappa shape index (κ1) is 9.95. The maximum absolute atomic E-state index is 5.75. The maximum Gasteiger partial charge on any atom is 0.260 e. The molecular formula is C11H11N3O3. The summed E-state index contributed by atoms with van der Waals surface area (Å²) in [4.78, 5) is 3.93. The van der Waals surface area contributed by atoms with Crippen molar-refractivity contribution in [1.29, 1.82) is 0 Å². The Morgan fingerprint density at radius 1 is 1.29 bits per heavy atom. The SMILES string of the molecule is Nc1noc(CC2COc3ccccc3O2)n1. The van der Waals surface area contributed by atoms with E-state index in [0.29, 0.717) is 18.9 Å². The minimum atomic E-state index is -0.134. The van der Waals surface area contributed by atoms with Crippen LogP contribution in [0.25, 0.3) is 0 Å². The number of ether oxygens (including phenoxy) is 2. The lowest BCUT2D eigenvalue weighted by Crippen LogP contribution is -2.31. The van der Waals surface area contributed by atoms with Gasteiger partial charge in [0.1, 0.15) is 12.7 Å². The summed E-state index contributed by atoms with van der Waals surface area (Å²) in [5.74, 6) is 2.08. The van der Waals surface area contributed by atoms with Crippen molar-refractivity contribution in [1.82, 2.24) is 10.1 Å². The molecule has 0 spiro atoms. The Morgan fingerprint density at radius 3 is 2.88 bits per heavy atom. The molecular weight excluding hydrogens is 222 g/mol. The summed E-state index contributed by atoms with van der Waals surface area (Å²) < 4.78 is 16.3. The van der Waals surface area contributed by atoms with Crippen molar-refractivity contribution in [3.8, 4) is 11.5 Å². The molecule has 6 nitrogen and oxygen atoms in total. The minimum Gasteiger partial charge on any atom is -0.486 e. The van der Waals surface area contributed by atoms with E-state index < -0.39 is 0 Å². The first-order valence-corrected chi connectivity index (χ1v) is 5.28. The van der Waals surface area contributed by atoms with E-state index in [1.165, 1.54) is 0 Å². The van der Waals surface area contributed by atoms with Gasteiger partial charge in [0.25, 0.3) is 5.95 Å². The van der Waals surface area contributed by atoms with E-state index >= 15 is 0 Å². The summed E-state index contributed by atoms with van der Waals surface area (Å²) in [6.07, 6.45) is 0.350. The van der Waals surface area contributed by atoms with Crippen molar-refractivity contribution >= 4 is 5.95 Å². The summed E-state index contributed by atoms with van der Waals surface area (Å²) in [5, 5.41) is 3.52. The molecule has 1 aromatic heterocycles. The number of anilines is 1. The highest BCUT2D eigenvalue weighted by Crippen LogP contribution is 2.31. The molecule has 2 N–H and O–H groups in total. The Kier molecular flexibility index (Phi) is 2.32. The van der Waals surface area contributed by atoms with Gasteiger partial charge in [0.05, 0.1) is 6.42 Å². The van der Waals surface area contributed by atoms with Gasteiger partial charge < -0.3 is 19.7 Å². The van der Waals surface area contributed by atoms with Gasteiger partial charge in [0, 0.05) is 0 Å². The number of rotatable bonds is 2. The van der Waals surface area contributed by atoms with Crippen LogP contribution < -0.4 is 15.2 Å². The molecule has 1 aliphatic heterocycles. The van der Waals surface area contributed by atoms with Crippen LogP contribution in [-0.2, 0) is 6.42 Å². The van der Waals surface area contributed by atoms with Gasteiger partial charge in [0.15, 0.2) is 11.5 Å². The maximum atomic E-state index is 5.75. The molecule has 0 saturated carbocycles. The second-order valence-corrected chi connectivity index (χ2v) is 3.75. The molecule has 17 heavy (non-hydrogen) atoms. The smallest absolute Gasteiger partial charge is 0.260 e. The largest absolute Gasteiger partial charge is 0.486 e. The molecule has 0 aliphatic carbocycles. The second kappa shape index (κ2) is 3.97. The zero-order valence-corrected chi connectivity index (χ0v) is 9.00. The van der Waals surface area contributed by atoms with Gasteiger partial charge in [-0.05, 0) is 17.3 Å². The van der Waals surface area contributed by atoms with Crippen LogP contribution in [0.1, 0.15) is 5.89 Å². The Bertz CT molecular complexity index is 526. The van der Waals surface area contributed by atoms with E-state index in [4.69, 9.17) is 19.7 Å². The average molecular weight is 233 g/mol. The fourth-order valence-electron chi connectivity index (χ4n) is 1.71. The quantitative estimate of drug-likeness (QED) is 0.834. The topological polar surface area (TPSA) is 83.4 Å². The van der Waals surface area contributed by atoms with Crippen LogP contribution >= 0.6 is 0 Å². The highest BCUT2D eigenvalue weighted by atomic mass is 16.6. The minimum absolute atomic E-state index is 0.134. The molecule has 6 heteroatoms. The van der Waals surface area contributed by atoms with Crippen LogP contribution in [0.4, 0.5) is 5.95 Å². The zero-order valence-electron chi connectivity index (χ0n) is 9.00. The van der Waals surface area contributed by atoms with Crippen LogP contribution in [0.15, 0.2) is 28.8 Å². The van der Waals surface area contributed by atoms with Crippen molar-refractivity contribution in [2.45, 2.75) is 12.5 Å². The lowest BCUT2D eigenvalue weighted by atomic mass is 10.2. The highest BCUT2D eigenvalue weighted by molar-refractivity contribution is 5.40. The first-order chi connectivity index (χ1) is 8.31. The number of para-hydroxylation sites is 2. The second-order valence-electron chi connectivity index (χ2n) is 3.75. The number of benzene rings is 1. The lowest BCUT2D eigenvalue weighted by Gasteiger charge is -2.25. The van der Waals surface area contributed by atoms with Gasteiger partial charge in [0.2, 0.25) is 5.89 Å². The molecule has 1 unspecified atom stereocenters. The van der Waals surface area contributed by atoms with Crippen LogP contribution in [0, 0.1) is 0 Å². The van der Waals surface area contributed by atoms with Gasteiger partial charge >= 0.3 is 0 Å². The fourth-order valence-corrected chi connectivity index (χ4v) is 1.71. The van der Waals surface area contributed by atoms with E-state index in [1.807, 2.05) is 24.3 Å². The van der Waals surface area contributed by atoms with E-state index in [-0.39, 0.29) is 12.1 Å². The predicted molar refractivity (Wildman–Crippen MR) is 58.8 cm³/mol. The molecule has 0 bridgehead atoms. The average Bonchev–Trinajstić information content (AvgIpc) is 2.75. The molecule has 1 aliphatic rings. The number of nitrogen functional groups attached to an aromatic ring is 1. The van der Waals surface area contributed by atoms with E-state index in [9.17, 15) is 0 Å². The van der Waals surface area contributed by atoms with Crippen molar-refractivity contribution in [3.05, 3.63) is 30.2 Å². The number of hydrogen-bond acceptors (Lipinski definition) is 6. The normalized spacial score (nSPS) is 18.0. The number of hydrogen-bond donors (Lipinski definition) is 1. The fraction of sp³-hybridized carbons (Fsp3) is 0.273.